The van der Waals surface area contributed by atoms with Gasteiger partial charge in [0.25, 0.3) is 5.91 Å². The Morgan fingerprint density at radius 2 is 1.88 bits per heavy atom. The van der Waals surface area contributed by atoms with Gasteiger partial charge in [-0.1, -0.05) is 0 Å². The van der Waals surface area contributed by atoms with Crippen molar-refractivity contribution in [3.63, 3.8) is 0 Å². The summed E-state index contributed by atoms with van der Waals surface area (Å²) in [6.07, 6.45) is 1.11. The highest BCUT2D eigenvalue weighted by atomic mass is 32.2. The number of anilines is 2. The Hall–Kier alpha value is -3.31. The van der Waals surface area contributed by atoms with Crippen molar-refractivity contribution in [1.29, 1.82) is 0 Å². The predicted molar refractivity (Wildman–Crippen MR) is 120 cm³/mol. The first-order chi connectivity index (χ1) is 15.8. The van der Waals surface area contributed by atoms with Crippen molar-refractivity contribution < 1.29 is 32.2 Å². The summed E-state index contributed by atoms with van der Waals surface area (Å²) in [7, 11) is -0.834. The number of benzene rings is 2. The van der Waals surface area contributed by atoms with Gasteiger partial charge in [-0.05, 0) is 31.0 Å². The van der Waals surface area contributed by atoms with Gasteiger partial charge in [0, 0.05) is 37.0 Å². The lowest BCUT2D eigenvalue weighted by molar-refractivity contribution is -0.121. The molecule has 2 aliphatic heterocycles. The van der Waals surface area contributed by atoms with Gasteiger partial charge in [-0.3, -0.25) is 9.59 Å². The predicted octanol–water partition coefficient (Wildman–Crippen LogP) is 2.07. The quantitative estimate of drug-likeness (QED) is 0.656. The first-order valence-electron chi connectivity index (χ1n) is 10.4. The third-order valence-corrected chi connectivity index (χ3v) is 7.46. The second kappa shape index (κ2) is 9.28. The van der Waals surface area contributed by atoms with E-state index in [1.807, 2.05) is 0 Å². The molecule has 176 valence electrons. The van der Waals surface area contributed by atoms with E-state index in [2.05, 4.69) is 10.6 Å². The normalized spacial score (nSPS) is 18.5. The summed E-state index contributed by atoms with van der Waals surface area (Å²) in [5.74, 6) is 0.323. The maximum absolute atomic E-state index is 13.3. The number of methoxy groups -OCH3 is 2. The molecule has 0 radical (unpaired) electrons. The fourth-order valence-corrected chi connectivity index (χ4v) is 5.42. The number of carbonyl (C=O) groups is 2. The molecule has 1 saturated heterocycles. The van der Waals surface area contributed by atoms with Crippen molar-refractivity contribution in [2.24, 2.45) is 5.92 Å². The fourth-order valence-electron chi connectivity index (χ4n) is 3.87. The van der Waals surface area contributed by atoms with Gasteiger partial charge in [0.05, 0.1) is 30.7 Å². The molecule has 0 bridgehead atoms. The highest BCUT2D eigenvalue weighted by molar-refractivity contribution is 7.89. The Morgan fingerprint density at radius 3 is 2.58 bits per heavy atom. The van der Waals surface area contributed by atoms with Gasteiger partial charge in [0.15, 0.2) is 6.61 Å². The number of piperidine rings is 1. The Labute approximate surface area is 191 Å². The third-order valence-electron chi connectivity index (χ3n) is 5.60. The Balaban J connectivity index is 1.49. The van der Waals surface area contributed by atoms with Crippen molar-refractivity contribution in [2.75, 3.05) is 44.5 Å². The van der Waals surface area contributed by atoms with Gasteiger partial charge in [-0.25, -0.2) is 8.42 Å². The molecule has 2 N–H and O–H groups in total. The van der Waals surface area contributed by atoms with Crippen LogP contribution in [0.1, 0.15) is 12.8 Å². The molecule has 2 aromatic rings. The van der Waals surface area contributed by atoms with Crippen LogP contribution < -0.4 is 24.8 Å². The average Bonchev–Trinajstić information content (AvgIpc) is 2.83. The third kappa shape index (κ3) is 4.88. The summed E-state index contributed by atoms with van der Waals surface area (Å²) in [6.45, 7) is 0.245. The molecule has 0 aliphatic carbocycles. The fraction of sp³-hybridized carbons (Fsp3) is 0.364. The number of fused-ring (bicyclic) bond motifs is 1. The van der Waals surface area contributed by atoms with Crippen LogP contribution in [0.2, 0.25) is 0 Å². The standard InChI is InChI=1S/C22H25N3O7S/c1-30-16-8-15(9-17(10-16)31-2)23-22(27)14-4-3-7-25(12-14)33(28,29)18-5-6-20-19(11-18)24-21(26)13-32-20/h5-6,8-11,14H,3-4,7,12-13H2,1-2H3,(H,23,27)(H,24,26)/t14-/m0/s1. The second-order valence-corrected chi connectivity index (χ2v) is 9.73. The number of hydrogen-bond acceptors (Lipinski definition) is 7. The van der Waals surface area contributed by atoms with E-state index < -0.39 is 15.9 Å². The number of nitrogens with zero attached hydrogens (tertiary/aromatic N) is 1. The van der Waals surface area contributed by atoms with E-state index in [-0.39, 0.29) is 29.9 Å². The zero-order valence-corrected chi connectivity index (χ0v) is 19.1. The minimum Gasteiger partial charge on any atom is -0.497 e. The van der Waals surface area contributed by atoms with Crippen molar-refractivity contribution in [3.8, 4) is 17.2 Å². The number of sulfonamides is 1. The lowest BCUT2D eigenvalue weighted by atomic mass is 9.98. The highest BCUT2D eigenvalue weighted by Gasteiger charge is 2.34. The largest absolute Gasteiger partial charge is 0.497 e. The van der Waals surface area contributed by atoms with Crippen molar-refractivity contribution in [3.05, 3.63) is 36.4 Å². The van der Waals surface area contributed by atoms with E-state index in [0.29, 0.717) is 48.0 Å². The molecule has 2 heterocycles. The topological polar surface area (TPSA) is 123 Å². The molecule has 10 nitrogen and oxygen atoms in total. The summed E-state index contributed by atoms with van der Waals surface area (Å²) < 4.78 is 43.6. The molecule has 0 saturated carbocycles. The molecule has 0 unspecified atom stereocenters. The summed E-state index contributed by atoms with van der Waals surface area (Å²) in [5, 5.41) is 5.45. The minimum atomic E-state index is -3.87. The number of carbonyl (C=O) groups excluding carboxylic acids is 2. The molecular weight excluding hydrogens is 450 g/mol. The van der Waals surface area contributed by atoms with E-state index in [1.54, 1.807) is 18.2 Å². The van der Waals surface area contributed by atoms with Crippen LogP contribution in [0.25, 0.3) is 0 Å². The molecule has 2 aromatic carbocycles. The number of nitrogens with one attached hydrogen (secondary N) is 2. The number of hydrogen-bond donors (Lipinski definition) is 2. The SMILES string of the molecule is COc1cc(NC(=O)[C@H]2CCCN(S(=O)(=O)c3ccc4c(c3)NC(=O)CO4)C2)cc(OC)c1. The van der Waals surface area contributed by atoms with Crippen LogP contribution >= 0.6 is 0 Å². The van der Waals surface area contributed by atoms with E-state index in [0.717, 1.165) is 0 Å². The van der Waals surface area contributed by atoms with E-state index in [1.165, 1.54) is 36.7 Å². The van der Waals surface area contributed by atoms with Crippen LogP contribution in [-0.2, 0) is 19.6 Å². The molecule has 0 aromatic heterocycles. The number of ether oxygens (including phenoxy) is 3. The summed E-state index contributed by atoms with van der Waals surface area (Å²) in [4.78, 5) is 24.5. The van der Waals surface area contributed by atoms with Gasteiger partial charge < -0.3 is 24.8 Å². The van der Waals surface area contributed by atoms with Crippen molar-refractivity contribution in [2.45, 2.75) is 17.7 Å². The molecule has 33 heavy (non-hydrogen) atoms. The number of amides is 2. The van der Waals surface area contributed by atoms with Gasteiger partial charge >= 0.3 is 0 Å². The van der Waals surface area contributed by atoms with Crippen LogP contribution in [0.4, 0.5) is 11.4 Å². The molecule has 1 fully saturated rings. The van der Waals surface area contributed by atoms with Crippen molar-refractivity contribution >= 4 is 33.2 Å². The molecule has 0 spiro atoms. The monoisotopic (exact) mass is 475 g/mol. The first-order valence-corrected chi connectivity index (χ1v) is 11.8. The summed E-state index contributed by atoms with van der Waals surface area (Å²) in [5.41, 5.74) is 0.812. The molecule has 2 amide bonds. The van der Waals surface area contributed by atoms with Crippen LogP contribution in [0.15, 0.2) is 41.3 Å². The van der Waals surface area contributed by atoms with Crippen molar-refractivity contribution in [1.82, 2.24) is 4.31 Å². The first kappa shape index (κ1) is 22.9. The zero-order chi connectivity index (χ0) is 23.6. The van der Waals surface area contributed by atoms with Crippen LogP contribution in [0.3, 0.4) is 0 Å². The Bertz CT molecular complexity index is 1160. The highest BCUT2D eigenvalue weighted by Crippen LogP contribution is 2.33. The average molecular weight is 476 g/mol. The van der Waals surface area contributed by atoms with E-state index in [9.17, 15) is 18.0 Å². The van der Waals surface area contributed by atoms with Gasteiger partial charge in [-0.2, -0.15) is 4.31 Å². The maximum Gasteiger partial charge on any atom is 0.262 e. The maximum atomic E-state index is 13.3. The van der Waals surface area contributed by atoms with Gasteiger partial charge in [-0.15, -0.1) is 0 Å². The Morgan fingerprint density at radius 1 is 1.15 bits per heavy atom. The minimum absolute atomic E-state index is 0.0330. The molecule has 2 aliphatic rings. The molecule has 1 atom stereocenters. The summed E-state index contributed by atoms with van der Waals surface area (Å²) in [6, 6.07) is 9.37. The smallest absolute Gasteiger partial charge is 0.262 e. The zero-order valence-electron chi connectivity index (χ0n) is 18.3. The lowest BCUT2D eigenvalue weighted by Crippen LogP contribution is -2.43. The summed E-state index contributed by atoms with van der Waals surface area (Å²) >= 11 is 0. The molecular formula is C22H25N3O7S. The Kier molecular flexibility index (Phi) is 6.43. The van der Waals surface area contributed by atoms with Gasteiger partial charge in [0.1, 0.15) is 17.2 Å². The number of rotatable bonds is 6. The molecule has 11 heteroatoms. The lowest BCUT2D eigenvalue weighted by Gasteiger charge is -2.31. The second-order valence-electron chi connectivity index (χ2n) is 7.79. The molecule has 4 rings (SSSR count). The van der Waals surface area contributed by atoms with Crippen LogP contribution in [-0.4, -0.2) is 58.5 Å². The van der Waals surface area contributed by atoms with Crippen LogP contribution in [0.5, 0.6) is 17.2 Å². The van der Waals surface area contributed by atoms with Crippen LogP contribution in [0, 0.1) is 5.92 Å². The van der Waals surface area contributed by atoms with Gasteiger partial charge in [0.2, 0.25) is 15.9 Å². The van der Waals surface area contributed by atoms with E-state index >= 15 is 0 Å². The van der Waals surface area contributed by atoms with E-state index in [4.69, 9.17) is 14.2 Å².